The molecule has 3 aromatic rings. The van der Waals surface area contributed by atoms with E-state index in [2.05, 4.69) is 49.7 Å². The minimum Gasteiger partial charge on any atom is -0.319 e. The summed E-state index contributed by atoms with van der Waals surface area (Å²) in [7, 11) is 0. The average Bonchev–Trinajstić information content (AvgIpc) is 2.99. The largest absolute Gasteiger partial charge is 0.319 e. The standard InChI is InChI=1S/C15H12BrN3/c16-10-4-5-12-14(9-10)19-13(6-7-15(19)18-12)11-3-1-2-8-17-11/h1-5,8-9,13H,6-7H2. The van der Waals surface area contributed by atoms with Crippen LogP contribution in [0.3, 0.4) is 0 Å². The number of hydrogen-bond acceptors (Lipinski definition) is 2. The van der Waals surface area contributed by atoms with E-state index in [4.69, 9.17) is 4.98 Å². The zero-order valence-electron chi connectivity index (χ0n) is 10.3. The molecule has 1 atom stereocenters. The number of aryl methyl sites for hydroxylation is 1. The van der Waals surface area contributed by atoms with E-state index < -0.39 is 0 Å². The molecule has 3 heterocycles. The highest BCUT2D eigenvalue weighted by molar-refractivity contribution is 9.10. The molecule has 0 fully saturated rings. The summed E-state index contributed by atoms with van der Waals surface area (Å²) in [6, 6.07) is 12.7. The van der Waals surface area contributed by atoms with Crippen molar-refractivity contribution in [1.82, 2.24) is 14.5 Å². The van der Waals surface area contributed by atoms with Crippen molar-refractivity contribution in [3.05, 3.63) is 58.6 Å². The maximum atomic E-state index is 4.72. The van der Waals surface area contributed by atoms with E-state index in [0.29, 0.717) is 6.04 Å². The minimum absolute atomic E-state index is 0.315. The predicted octanol–water partition coefficient (Wildman–Crippen LogP) is 3.73. The number of benzene rings is 1. The Labute approximate surface area is 119 Å². The first kappa shape index (κ1) is 11.2. The zero-order valence-corrected chi connectivity index (χ0v) is 11.8. The molecule has 2 aromatic heterocycles. The van der Waals surface area contributed by atoms with E-state index in [0.717, 1.165) is 28.5 Å². The van der Waals surface area contributed by atoms with Gasteiger partial charge in [-0.2, -0.15) is 0 Å². The number of nitrogens with zero attached hydrogens (tertiary/aromatic N) is 3. The van der Waals surface area contributed by atoms with Crippen molar-refractivity contribution in [3.63, 3.8) is 0 Å². The second kappa shape index (κ2) is 4.17. The normalized spacial score (nSPS) is 17.8. The SMILES string of the molecule is Brc1ccc2nc3n(c2c1)C(c1ccccn1)CC3. The molecule has 1 aliphatic heterocycles. The number of imidazole rings is 1. The molecule has 0 amide bonds. The van der Waals surface area contributed by atoms with E-state index in [1.807, 2.05) is 18.3 Å². The maximum Gasteiger partial charge on any atom is 0.110 e. The van der Waals surface area contributed by atoms with Crippen molar-refractivity contribution in [2.45, 2.75) is 18.9 Å². The number of halogens is 1. The van der Waals surface area contributed by atoms with E-state index >= 15 is 0 Å². The Hall–Kier alpha value is -1.68. The topological polar surface area (TPSA) is 30.7 Å². The van der Waals surface area contributed by atoms with Gasteiger partial charge in [0.25, 0.3) is 0 Å². The van der Waals surface area contributed by atoms with Gasteiger partial charge in [0, 0.05) is 17.1 Å². The molecule has 0 aliphatic carbocycles. The van der Waals surface area contributed by atoms with Gasteiger partial charge in [-0.3, -0.25) is 4.98 Å². The average molecular weight is 314 g/mol. The molecule has 0 radical (unpaired) electrons. The van der Waals surface area contributed by atoms with Crippen molar-refractivity contribution >= 4 is 27.0 Å². The van der Waals surface area contributed by atoms with Crippen LogP contribution in [-0.2, 0) is 6.42 Å². The Kier molecular flexibility index (Phi) is 2.45. The second-order valence-corrected chi connectivity index (χ2v) is 5.76. The maximum absolute atomic E-state index is 4.72. The molecule has 4 rings (SSSR count). The highest BCUT2D eigenvalue weighted by Gasteiger charge is 2.27. The van der Waals surface area contributed by atoms with Crippen LogP contribution in [-0.4, -0.2) is 14.5 Å². The van der Waals surface area contributed by atoms with Crippen LogP contribution in [0.4, 0.5) is 0 Å². The molecular weight excluding hydrogens is 302 g/mol. The third-order valence-electron chi connectivity index (χ3n) is 3.71. The van der Waals surface area contributed by atoms with E-state index in [9.17, 15) is 0 Å². The van der Waals surface area contributed by atoms with Crippen LogP contribution >= 0.6 is 15.9 Å². The minimum atomic E-state index is 0.315. The second-order valence-electron chi connectivity index (χ2n) is 4.84. The van der Waals surface area contributed by atoms with E-state index in [-0.39, 0.29) is 0 Å². The molecule has 1 unspecified atom stereocenters. The lowest BCUT2D eigenvalue weighted by molar-refractivity contribution is 0.618. The van der Waals surface area contributed by atoms with Crippen molar-refractivity contribution in [2.24, 2.45) is 0 Å². The third kappa shape index (κ3) is 1.70. The van der Waals surface area contributed by atoms with Crippen LogP contribution in [0.15, 0.2) is 47.1 Å². The Bertz CT molecular complexity index is 749. The fourth-order valence-corrected chi connectivity index (χ4v) is 3.24. The summed E-state index contributed by atoms with van der Waals surface area (Å²) in [6.07, 6.45) is 3.97. The quantitative estimate of drug-likeness (QED) is 0.685. The molecule has 0 bridgehead atoms. The monoisotopic (exact) mass is 313 g/mol. The smallest absolute Gasteiger partial charge is 0.110 e. The van der Waals surface area contributed by atoms with Gasteiger partial charge in [-0.1, -0.05) is 22.0 Å². The van der Waals surface area contributed by atoms with Gasteiger partial charge in [0.1, 0.15) is 5.82 Å². The lowest BCUT2D eigenvalue weighted by atomic mass is 10.1. The van der Waals surface area contributed by atoms with Crippen molar-refractivity contribution < 1.29 is 0 Å². The molecular formula is C15H12BrN3. The van der Waals surface area contributed by atoms with Crippen LogP contribution in [0.5, 0.6) is 0 Å². The van der Waals surface area contributed by atoms with Crippen LogP contribution in [0, 0.1) is 0 Å². The molecule has 94 valence electrons. The first-order chi connectivity index (χ1) is 9.33. The first-order valence-electron chi connectivity index (χ1n) is 6.40. The summed E-state index contributed by atoms with van der Waals surface area (Å²) in [5.41, 5.74) is 3.39. The van der Waals surface area contributed by atoms with Crippen LogP contribution in [0.1, 0.15) is 24.0 Å². The Morgan fingerprint density at radius 1 is 1.21 bits per heavy atom. The van der Waals surface area contributed by atoms with E-state index in [1.165, 1.54) is 11.3 Å². The van der Waals surface area contributed by atoms with Crippen LogP contribution in [0.2, 0.25) is 0 Å². The van der Waals surface area contributed by atoms with Gasteiger partial charge >= 0.3 is 0 Å². The lowest BCUT2D eigenvalue weighted by Gasteiger charge is -2.13. The number of hydrogen-bond donors (Lipinski definition) is 0. The van der Waals surface area contributed by atoms with Gasteiger partial charge in [0.2, 0.25) is 0 Å². The third-order valence-corrected chi connectivity index (χ3v) is 4.20. The molecule has 3 nitrogen and oxygen atoms in total. The zero-order chi connectivity index (χ0) is 12.8. The van der Waals surface area contributed by atoms with Gasteiger partial charge in [-0.05, 0) is 36.8 Å². The lowest BCUT2D eigenvalue weighted by Crippen LogP contribution is -2.07. The fourth-order valence-electron chi connectivity index (χ4n) is 2.89. The number of rotatable bonds is 1. The Morgan fingerprint density at radius 2 is 2.16 bits per heavy atom. The fraction of sp³-hybridized carbons (Fsp3) is 0.200. The van der Waals surface area contributed by atoms with Crippen molar-refractivity contribution in [1.29, 1.82) is 0 Å². The molecule has 4 heteroatoms. The molecule has 1 aromatic carbocycles. The summed E-state index contributed by atoms with van der Waals surface area (Å²) in [5, 5.41) is 0. The number of aromatic nitrogens is 3. The molecule has 0 spiro atoms. The van der Waals surface area contributed by atoms with Crippen LogP contribution in [0.25, 0.3) is 11.0 Å². The number of pyridine rings is 1. The van der Waals surface area contributed by atoms with Gasteiger partial charge < -0.3 is 4.57 Å². The first-order valence-corrected chi connectivity index (χ1v) is 7.19. The highest BCUT2D eigenvalue weighted by Crippen LogP contribution is 2.35. The summed E-state index contributed by atoms with van der Waals surface area (Å²) < 4.78 is 3.43. The van der Waals surface area contributed by atoms with Gasteiger partial charge in [0.15, 0.2) is 0 Å². The van der Waals surface area contributed by atoms with Crippen molar-refractivity contribution in [3.8, 4) is 0 Å². The van der Waals surface area contributed by atoms with Gasteiger partial charge in [0.05, 0.1) is 22.8 Å². The molecule has 0 saturated carbocycles. The highest BCUT2D eigenvalue weighted by atomic mass is 79.9. The summed E-state index contributed by atoms with van der Waals surface area (Å²) in [4.78, 5) is 9.23. The summed E-state index contributed by atoms with van der Waals surface area (Å²) in [6.45, 7) is 0. The predicted molar refractivity (Wildman–Crippen MR) is 78.1 cm³/mol. The van der Waals surface area contributed by atoms with Crippen molar-refractivity contribution in [2.75, 3.05) is 0 Å². The Balaban J connectivity index is 1.94. The summed E-state index contributed by atoms with van der Waals surface area (Å²) in [5.74, 6) is 1.17. The van der Waals surface area contributed by atoms with Gasteiger partial charge in [-0.25, -0.2) is 4.98 Å². The van der Waals surface area contributed by atoms with E-state index in [1.54, 1.807) is 0 Å². The Morgan fingerprint density at radius 3 is 3.00 bits per heavy atom. The summed E-state index contributed by atoms with van der Waals surface area (Å²) >= 11 is 3.54. The molecule has 19 heavy (non-hydrogen) atoms. The molecule has 0 saturated heterocycles. The number of fused-ring (bicyclic) bond motifs is 3. The molecule has 1 aliphatic rings. The molecule has 0 N–H and O–H groups in total. The van der Waals surface area contributed by atoms with Crippen LogP contribution < -0.4 is 0 Å². The van der Waals surface area contributed by atoms with Gasteiger partial charge in [-0.15, -0.1) is 0 Å².